The van der Waals surface area contributed by atoms with Crippen LogP contribution in [0.5, 0.6) is 11.5 Å². The molecule has 9 nitrogen and oxygen atoms in total. The number of aromatic nitrogens is 2. The molecule has 2 aromatic carbocycles. The number of piperidine rings is 1. The molecule has 2 N–H and O–H groups in total. The zero-order chi connectivity index (χ0) is 25.1. The van der Waals surface area contributed by atoms with Gasteiger partial charge in [0.1, 0.15) is 17.7 Å². The molecule has 2 saturated heterocycles. The number of amides is 1. The maximum absolute atomic E-state index is 14.4. The van der Waals surface area contributed by atoms with Crippen LogP contribution in [0.3, 0.4) is 0 Å². The predicted molar refractivity (Wildman–Crippen MR) is 134 cm³/mol. The molecule has 3 heterocycles. The van der Waals surface area contributed by atoms with Gasteiger partial charge in [0.25, 0.3) is 0 Å². The number of nitrogens with one attached hydrogen (secondary N) is 2. The molecule has 36 heavy (non-hydrogen) atoms. The van der Waals surface area contributed by atoms with E-state index in [0.717, 1.165) is 38.9 Å². The van der Waals surface area contributed by atoms with E-state index in [4.69, 9.17) is 25.8 Å². The minimum Gasteiger partial charge on any atom is -0.493 e. The summed E-state index contributed by atoms with van der Waals surface area (Å²) >= 11 is 5.92. The van der Waals surface area contributed by atoms with Crippen molar-refractivity contribution in [3.05, 3.63) is 47.5 Å². The molecular formula is C25H27ClFN5O4. The first kappa shape index (κ1) is 24.3. The lowest BCUT2D eigenvalue weighted by Crippen LogP contribution is -2.46. The number of methoxy groups -OCH3 is 1. The molecule has 0 bridgehead atoms. The Hall–Kier alpha value is -3.37. The molecule has 0 atom stereocenters. The lowest BCUT2D eigenvalue weighted by molar-refractivity contribution is 0.000130. The van der Waals surface area contributed by atoms with Crippen LogP contribution in [0.2, 0.25) is 5.02 Å². The fourth-order valence-corrected chi connectivity index (χ4v) is 4.77. The van der Waals surface area contributed by atoms with Crippen LogP contribution in [0.15, 0.2) is 36.7 Å². The van der Waals surface area contributed by atoms with Gasteiger partial charge in [0.2, 0.25) is 0 Å². The van der Waals surface area contributed by atoms with Gasteiger partial charge in [0, 0.05) is 43.9 Å². The molecule has 1 aromatic heterocycles. The summed E-state index contributed by atoms with van der Waals surface area (Å²) in [4.78, 5) is 22.4. The van der Waals surface area contributed by atoms with Gasteiger partial charge in [-0.05, 0) is 24.6 Å². The molecule has 3 aromatic rings. The zero-order valence-electron chi connectivity index (χ0n) is 19.9. The number of carbonyl (C=O) groups is 1. The Morgan fingerprint density at radius 3 is 2.83 bits per heavy atom. The van der Waals surface area contributed by atoms with Gasteiger partial charge in [-0.15, -0.1) is 0 Å². The number of nitrogens with zero attached hydrogens (tertiary/aromatic N) is 3. The van der Waals surface area contributed by atoms with Gasteiger partial charge < -0.3 is 29.7 Å². The molecule has 0 unspecified atom stereocenters. The summed E-state index contributed by atoms with van der Waals surface area (Å²) in [5.41, 5.74) is 0.500. The standard InChI is InChI=1S/C25H27ClFN5O4/c1-34-20-13-19-16(23(30-15-29-19)31-18-5-2-4-17(26)22(18)27)12-21(20)35-11-3-8-32-9-6-25(7-10-32)14-28-24(33)36-25/h2,4-5,12-13,15H,3,6-11,14H2,1H3,(H,28,33)(H,29,30,31). The SMILES string of the molecule is COc1cc2ncnc(Nc3cccc(Cl)c3F)c2cc1OCCCN1CCC2(CC1)CNC(=O)O2. The highest BCUT2D eigenvalue weighted by atomic mass is 35.5. The van der Waals surface area contributed by atoms with Crippen molar-refractivity contribution in [2.45, 2.75) is 24.9 Å². The van der Waals surface area contributed by atoms with Crippen LogP contribution >= 0.6 is 11.6 Å². The molecule has 0 saturated carbocycles. The number of alkyl carbamates (subject to hydrolysis) is 1. The van der Waals surface area contributed by atoms with Crippen LogP contribution < -0.4 is 20.1 Å². The van der Waals surface area contributed by atoms with Crippen LogP contribution in [0, 0.1) is 5.82 Å². The highest BCUT2D eigenvalue weighted by Gasteiger charge is 2.42. The molecule has 11 heteroatoms. The topological polar surface area (TPSA) is 97.8 Å². The molecule has 1 amide bonds. The lowest BCUT2D eigenvalue weighted by atomic mass is 9.91. The van der Waals surface area contributed by atoms with Gasteiger partial charge in [-0.2, -0.15) is 0 Å². The summed E-state index contributed by atoms with van der Waals surface area (Å²) in [7, 11) is 1.57. The number of benzene rings is 2. The first-order valence-corrected chi connectivity index (χ1v) is 12.2. The van der Waals surface area contributed by atoms with E-state index in [9.17, 15) is 9.18 Å². The Morgan fingerprint density at radius 2 is 2.08 bits per heavy atom. The van der Waals surface area contributed by atoms with E-state index in [1.807, 2.05) is 0 Å². The van der Waals surface area contributed by atoms with Crippen molar-refractivity contribution in [2.24, 2.45) is 0 Å². The van der Waals surface area contributed by atoms with E-state index < -0.39 is 5.82 Å². The van der Waals surface area contributed by atoms with Crippen molar-refractivity contribution in [1.82, 2.24) is 20.2 Å². The second kappa shape index (κ2) is 10.3. The number of fused-ring (bicyclic) bond motifs is 1. The minimum atomic E-state index is -0.554. The molecule has 0 radical (unpaired) electrons. The van der Waals surface area contributed by atoms with E-state index in [0.29, 0.717) is 41.4 Å². The van der Waals surface area contributed by atoms with Crippen molar-refractivity contribution in [2.75, 3.05) is 45.2 Å². The van der Waals surface area contributed by atoms with E-state index in [1.165, 1.54) is 12.4 Å². The first-order valence-electron chi connectivity index (χ1n) is 11.8. The molecule has 5 rings (SSSR count). The number of hydrogen-bond acceptors (Lipinski definition) is 8. The van der Waals surface area contributed by atoms with E-state index >= 15 is 0 Å². The lowest BCUT2D eigenvalue weighted by Gasteiger charge is -2.37. The summed E-state index contributed by atoms with van der Waals surface area (Å²) < 4.78 is 31.5. The fraction of sp³-hybridized carbons (Fsp3) is 0.400. The smallest absolute Gasteiger partial charge is 0.407 e. The Kier molecular flexibility index (Phi) is 6.97. The number of hydrogen-bond donors (Lipinski definition) is 2. The Balaban J connectivity index is 1.23. The molecule has 2 aliphatic rings. The van der Waals surface area contributed by atoms with Crippen LogP contribution in [0.1, 0.15) is 19.3 Å². The number of rotatable bonds is 8. The molecule has 2 aliphatic heterocycles. The maximum atomic E-state index is 14.4. The van der Waals surface area contributed by atoms with Gasteiger partial charge >= 0.3 is 6.09 Å². The molecule has 0 aliphatic carbocycles. The number of carbonyl (C=O) groups excluding carboxylic acids is 1. The highest BCUT2D eigenvalue weighted by molar-refractivity contribution is 6.31. The fourth-order valence-electron chi connectivity index (χ4n) is 4.60. The third-order valence-electron chi connectivity index (χ3n) is 6.63. The largest absolute Gasteiger partial charge is 0.493 e. The maximum Gasteiger partial charge on any atom is 0.407 e. The van der Waals surface area contributed by atoms with Gasteiger partial charge in [-0.3, -0.25) is 0 Å². The summed E-state index contributed by atoms with van der Waals surface area (Å²) in [6.07, 6.45) is 3.55. The number of anilines is 2. The normalized spacial score (nSPS) is 17.1. The van der Waals surface area contributed by atoms with Crippen molar-refractivity contribution in [1.29, 1.82) is 0 Å². The number of likely N-dealkylation sites (tertiary alicyclic amines) is 1. The predicted octanol–water partition coefficient (Wildman–Crippen LogP) is 4.52. The number of ether oxygens (including phenoxy) is 3. The molecule has 2 fully saturated rings. The summed E-state index contributed by atoms with van der Waals surface area (Å²) in [5.74, 6) is 0.979. The average molecular weight is 516 g/mol. The third kappa shape index (κ3) is 5.10. The second-order valence-electron chi connectivity index (χ2n) is 8.94. The van der Waals surface area contributed by atoms with Gasteiger partial charge in [-0.1, -0.05) is 17.7 Å². The second-order valence-corrected chi connectivity index (χ2v) is 9.35. The van der Waals surface area contributed by atoms with E-state index in [-0.39, 0.29) is 22.4 Å². The third-order valence-corrected chi connectivity index (χ3v) is 6.92. The Labute approximate surface area is 212 Å². The molecule has 190 valence electrons. The highest BCUT2D eigenvalue weighted by Crippen LogP contribution is 2.36. The Morgan fingerprint density at radius 1 is 1.25 bits per heavy atom. The van der Waals surface area contributed by atoms with Gasteiger partial charge in [-0.25, -0.2) is 19.2 Å². The van der Waals surface area contributed by atoms with Crippen molar-refractivity contribution >= 4 is 40.1 Å². The average Bonchev–Trinajstić information content (AvgIpc) is 3.25. The minimum absolute atomic E-state index is 0.0221. The van der Waals surface area contributed by atoms with Gasteiger partial charge in [0.05, 0.1) is 36.5 Å². The molecular weight excluding hydrogens is 489 g/mol. The van der Waals surface area contributed by atoms with Crippen LogP contribution in [0.4, 0.5) is 20.7 Å². The monoisotopic (exact) mass is 515 g/mol. The summed E-state index contributed by atoms with van der Waals surface area (Å²) in [5, 5.41) is 6.45. The van der Waals surface area contributed by atoms with E-state index in [1.54, 1.807) is 31.4 Å². The zero-order valence-corrected chi connectivity index (χ0v) is 20.6. The summed E-state index contributed by atoms with van der Waals surface area (Å²) in [6.45, 7) is 3.70. The summed E-state index contributed by atoms with van der Waals surface area (Å²) in [6, 6.07) is 8.30. The Bertz CT molecular complexity index is 1270. The van der Waals surface area contributed by atoms with Gasteiger partial charge in [0.15, 0.2) is 17.3 Å². The van der Waals surface area contributed by atoms with Crippen LogP contribution in [-0.2, 0) is 4.74 Å². The molecule has 1 spiro atoms. The van der Waals surface area contributed by atoms with Crippen molar-refractivity contribution in [3.8, 4) is 11.5 Å². The van der Waals surface area contributed by atoms with Crippen molar-refractivity contribution < 1.29 is 23.4 Å². The first-order chi connectivity index (χ1) is 17.5. The van der Waals surface area contributed by atoms with Crippen LogP contribution in [0.25, 0.3) is 10.9 Å². The van der Waals surface area contributed by atoms with Crippen molar-refractivity contribution in [3.63, 3.8) is 0 Å². The van der Waals surface area contributed by atoms with E-state index in [2.05, 4.69) is 25.5 Å². The quantitative estimate of drug-likeness (QED) is 0.423. The van der Waals surface area contributed by atoms with Crippen LogP contribution in [-0.4, -0.2) is 66.5 Å². The number of halogens is 2.